The summed E-state index contributed by atoms with van der Waals surface area (Å²) in [4.78, 5) is 18.4. The predicted octanol–water partition coefficient (Wildman–Crippen LogP) is 3.02. The van der Waals surface area contributed by atoms with Crippen LogP contribution in [0, 0.1) is 17.5 Å². The minimum atomic E-state index is -1.66. The topological polar surface area (TPSA) is 55.0 Å². The zero-order chi connectivity index (χ0) is 15.9. The average Bonchev–Trinajstić information content (AvgIpc) is 2.52. The van der Waals surface area contributed by atoms with Crippen molar-refractivity contribution in [2.45, 2.75) is 0 Å². The van der Waals surface area contributed by atoms with Gasteiger partial charge in [-0.25, -0.2) is 18.2 Å². The molecule has 3 rings (SSSR count). The van der Waals surface area contributed by atoms with Crippen LogP contribution < -0.4 is 10.3 Å². The van der Waals surface area contributed by atoms with E-state index in [0.29, 0.717) is 17.0 Å². The zero-order valence-electron chi connectivity index (χ0n) is 11.3. The van der Waals surface area contributed by atoms with E-state index in [2.05, 4.69) is 9.97 Å². The van der Waals surface area contributed by atoms with Gasteiger partial charge in [0.25, 0.3) is 5.56 Å². The normalized spacial score (nSPS) is 10.9. The van der Waals surface area contributed by atoms with Gasteiger partial charge < -0.3 is 9.72 Å². The maximum absolute atomic E-state index is 14.1. The second-order valence-corrected chi connectivity index (χ2v) is 4.50. The Morgan fingerprint density at radius 1 is 1.14 bits per heavy atom. The molecule has 1 heterocycles. The molecule has 0 aliphatic carbocycles. The van der Waals surface area contributed by atoms with Crippen molar-refractivity contribution in [3.8, 4) is 17.1 Å². The van der Waals surface area contributed by atoms with Gasteiger partial charge in [0.15, 0.2) is 17.5 Å². The average molecular weight is 306 g/mol. The third-order valence-electron chi connectivity index (χ3n) is 3.20. The van der Waals surface area contributed by atoms with Gasteiger partial charge in [-0.2, -0.15) is 0 Å². The van der Waals surface area contributed by atoms with Gasteiger partial charge in [0.1, 0.15) is 11.6 Å². The number of benzene rings is 2. The lowest BCUT2D eigenvalue weighted by atomic mass is 10.1. The Morgan fingerprint density at radius 3 is 2.59 bits per heavy atom. The highest BCUT2D eigenvalue weighted by Crippen LogP contribution is 2.33. The zero-order valence-corrected chi connectivity index (χ0v) is 11.3. The minimum Gasteiger partial charge on any atom is -0.496 e. The Kier molecular flexibility index (Phi) is 3.32. The number of H-pyrrole nitrogens is 1. The fourth-order valence-corrected chi connectivity index (χ4v) is 2.16. The molecule has 0 amide bonds. The number of nitrogens with zero attached hydrogens (tertiary/aromatic N) is 1. The van der Waals surface area contributed by atoms with Crippen LogP contribution in [0.3, 0.4) is 0 Å². The highest BCUT2D eigenvalue weighted by atomic mass is 19.2. The molecule has 0 radical (unpaired) electrons. The molecular formula is C15H9F3N2O2. The van der Waals surface area contributed by atoms with Crippen LogP contribution in [0.25, 0.3) is 22.3 Å². The van der Waals surface area contributed by atoms with Gasteiger partial charge in [-0.1, -0.05) is 12.1 Å². The summed E-state index contributed by atoms with van der Waals surface area (Å²) in [6.45, 7) is 0. The molecule has 3 aromatic rings. The van der Waals surface area contributed by atoms with Crippen molar-refractivity contribution in [2.24, 2.45) is 0 Å². The van der Waals surface area contributed by atoms with Crippen LogP contribution >= 0.6 is 0 Å². The van der Waals surface area contributed by atoms with E-state index in [1.54, 1.807) is 24.3 Å². The Hall–Kier alpha value is -2.83. The standard InChI is InChI=1S/C15H9F3N2O2/c1-22-10-6-8(16)12(17)13(18)11(10)14-19-9-5-3-2-4-7(9)15(21)20-14/h2-6H,1H3,(H,19,20,21). The molecule has 2 aromatic carbocycles. The number of aromatic nitrogens is 2. The monoisotopic (exact) mass is 306 g/mol. The molecule has 4 nitrogen and oxygen atoms in total. The second-order valence-electron chi connectivity index (χ2n) is 4.50. The fourth-order valence-electron chi connectivity index (χ4n) is 2.16. The van der Waals surface area contributed by atoms with Crippen molar-refractivity contribution < 1.29 is 17.9 Å². The van der Waals surface area contributed by atoms with E-state index in [0.717, 1.165) is 0 Å². The Labute approximate surface area is 122 Å². The van der Waals surface area contributed by atoms with Crippen LogP contribution in [0.5, 0.6) is 5.75 Å². The first-order chi connectivity index (χ1) is 10.5. The van der Waals surface area contributed by atoms with E-state index >= 15 is 0 Å². The lowest BCUT2D eigenvalue weighted by molar-refractivity contribution is 0.394. The molecule has 0 spiro atoms. The van der Waals surface area contributed by atoms with E-state index in [9.17, 15) is 18.0 Å². The largest absolute Gasteiger partial charge is 0.496 e. The molecule has 0 aliphatic rings. The first kappa shape index (κ1) is 14.1. The van der Waals surface area contributed by atoms with Gasteiger partial charge in [0, 0.05) is 6.07 Å². The molecule has 7 heteroatoms. The van der Waals surface area contributed by atoms with Crippen LogP contribution in [0.15, 0.2) is 35.1 Å². The third kappa shape index (κ3) is 2.11. The summed E-state index contributed by atoms with van der Waals surface area (Å²) in [6.07, 6.45) is 0. The van der Waals surface area contributed by atoms with Crippen molar-refractivity contribution in [1.82, 2.24) is 9.97 Å². The highest BCUT2D eigenvalue weighted by Gasteiger charge is 2.22. The quantitative estimate of drug-likeness (QED) is 0.740. The first-order valence-electron chi connectivity index (χ1n) is 6.24. The smallest absolute Gasteiger partial charge is 0.259 e. The number of fused-ring (bicyclic) bond motifs is 1. The number of aromatic amines is 1. The van der Waals surface area contributed by atoms with Crippen molar-refractivity contribution in [3.05, 3.63) is 58.1 Å². The van der Waals surface area contributed by atoms with Crippen LogP contribution in [0.4, 0.5) is 13.2 Å². The second kappa shape index (κ2) is 5.18. The van der Waals surface area contributed by atoms with Crippen LogP contribution in [0.1, 0.15) is 0 Å². The highest BCUT2D eigenvalue weighted by molar-refractivity contribution is 5.80. The van der Waals surface area contributed by atoms with E-state index in [1.807, 2.05) is 0 Å². The maximum Gasteiger partial charge on any atom is 0.259 e. The number of rotatable bonds is 2. The molecule has 0 bridgehead atoms. The molecule has 0 saturated heterocycles. The third-order valence-corrected chi connectivity index (χ3v) is 3.20. The maximum atomic E-state index is 14.1. The van der Waals surface area contributed by atoms with E-state index < -0.39 is 28.6 Å². The Balaban J connectivity index is 2.37. The Bertz CT molecular complexity index is 938. The van der Waals surface area contributed by atoms with Gasteiger partial charge in [-0.3, -0.25) is 4.79 Å². The molecule has 0 unspecified atom stereocenters. The van der Waals surface area contributed by atoms with Gasteiger partial charge in [-0.15, -0.1) is 0 Å². The molecule has 0 saturated carbocycles. The number of nitrogens with one attached hydrogen (secondary N) is 1. The molecule has 0 atom stereocenters. The van der Waals surface area contributed by atoms with E-state index in [4.69, 9.17) is 4.74 Å². The van der Waals surface area contributed by atoms with Crippen molar-refractivity contribution in [2.75, 3.05) is 7.11 Å². The molecular weight excluding hydrogens is 297 g/mol. The minimum absolute atomic E-state index is 0.239. The summed E-state index contributed by atoms with van der Waals surface area (Å²) in [5.74, 6) is -5.03. The number of ether oxygens (including phenoxy) is 1. The summed E-state index contributed by atoms with van der Waals surface area (Å²) in [7, 11) is 1.18. The summed E-state index contributed by atoms with van der Waals surface area (Å²) < 4.78 is 45.7. The van der Waals surface area contributed by atoms with E-state index in [-0.39, 0.29) is 11.6 Å². The molecule has 112 valence electrons. The summed E-state index contributed by atoms with van der Waals surface area (Å²) in [5.41, 5.74) is -0.663. The predicted molar refractivity (Wildman–Crippen MR) is 74.2 cm³/mol. The van der Waals surface area contributed by atoms with Crippen LogP contribution in [0.2, 0.25) is 0 Å². The first-order valence-corrected chi connectivity index (χ1v) is 6.24. The van der Waals surface area contributed by atoms with Crippen LogP contribution in [-0.4, -0.2) is 17.1 Å². The fraction of sp³-hybridized carbons (Fsp3) is 0.0667. The van der Waals surface area contributed by atoms with Gasteiger partial charge in [0.05, 0.1) is 23.6 Å². The van der Waals surface area contributed by atoms with Gasteiger partial charge in [0.2, 0.25) is 0 Å². The molecule has 1 N–H and O–H groups in total. The van der Waals surface area contributed by atoms with Gasteiger partial charge >= 0.3 is 0 Å². The molecule has 1 aromatic heterocycles. The molecule has 22 heavy (non-hydrogen) atoms. The number of hydrogen-bond donors (Lipinski definition) is 1. The lowest BCUT2D eigenvalue weighted by Crippen LogP contribution is -2.11. The number of methoxy groups -OCH3 is 1. The number of halogens is 3. The number of hydrogen-bond acceptors (Lipinski definition) is 3. The van der Waals surface area contributed by atoms with Crippen molar-refractivity contribution in [3.63, 3.8) is 0 Å². The van der Waals surface area contributed by atoms with Crippen molar-refractivity contribution in [1.29, 1.82) is 0 Å². The van der Waals surface area contributed by atoms with Crippen LogP contribution in [-0.2, 0) is 0 Å². The summed E-state index contributed by atoms with van der Waals surface area (Å²) in [5, 5.41) is 0.299. The van der Waals surface area contributed by atoms with Crippen molar-refractivity contribution >= 4 is 10.9 Å². The van der Waals surface area contributed by atoms with Gasteiger partial charge in [-0.05, 0) is 12.1 Å². The molecule has 0 aliphatic heterocycles. The summed E-state index contributed by atoms with van der Waals surface area (Å²) in [6, 6.07) is 7.10. The SMILES string of the molecule is COc1cc(F)c(F)c(F)c1-c1nc2ccccc2c(=O)[nH]1. The van der Waals surface area contributed by atoms with E-state index in [1.165, 1.54) is 7.11 Å². The molecule has 0 fully saturated rings. The number of para-hydroxylation sites is 1. The Morgan fingerprint density at radius 2 is 1.86 bits per heavy atom. The summed E-state index contributed by atoms with van der Waals surface area (Å²) >= 11 is 0. The lowest BCUT2D eigenvalue weighted by Gasteiger charge is -2.10.